The van der Waals surface area contributed by atoms with E-state index < -0.39 is 11.2 Å². The SMILES string of the molecule is CCCC[S+]([O-])c1cc2c(-c3cnc(C)n3C)cc(-c3nccs3)nc2o1. The quantitative estimate of drug-likeness (QED) is 0.443. The maximum Gasteiger partial charge on any atom is 0.313 e. The largest absolute Gasteiger partial charge is 0.609 e. The predicted octanol–water partition coefficient (Wildman–Crippen LogP) is 4.57. The zero-order valence-corrected chi connectivity index (χ0v) is 17.1. The van der Waals surface area contributed by atoms with Gasteiger partial charge in [-0.1, -0.05) is 13.3 Å². The topological polar surface area (TPSA) is 79.8 Å². The van der Waals surface area contributed by atoms with Crippen LogP contribution >= 0.6 is 11.3 Å². The summed E-state index contributed by atoms with van der Waals surface area (Å²) in [7, 11) is 1.98. The zero-order chi connectivity index (χ0) is 19.0. The number of aryl methyl sites for hydroxylation is 1. The Hall–Kier alpha value is -2.16. The predicted molar refractivity (Wildman–Crippen MR) is 108 cm³/mol. The lowest BCUT2D eigenvalue weighted by Crippen LogP contribution is -2.05. The van der Waals surface area contributed by atoms with Gasteiger partial charge in [-0.3, -0.25) is 0 Å². The second kappa shape index (κ2) is 7.46. The van der Waals surface area contributed by atoms with Crippen LogP contribution in [-0.2, 0) is 18.2 Å². The fourth-order valence-corrected chi connectivity index (χ4v) is 4.67. The van der Waals surface area contributed by atoms with E-state index in [1.807, 2.05) is 42.2 Å². The minimum Gasteiger partial charge on any atom is -0.609 e. The van der Waals surface area contributed by atoms with E-state index in [9.17, 15) is 4.55 Å². The molecule has 0 aliphatic carbocycles. The van der Waals surface area contributed by atoms with E-state index >= 15 is 0 Å². The molecule has 6 nitrogen and oxygen atoms in total. The van der Waals surface area contributed by atoms with Gasteiger partial charge < -0.3 is 13.5 Å². The molecule has 0 aliphatic heterocycles. The first-order valence-corrected chi connectivity index (χ1v) is 11.0. The smallest absolute Gasteiger partial charge is 0.313 e. The second-order valence-corrected chi connectivity index (χ2v) is 8.73. The summed E-state index contributed by atoms with van der Waals surface area (Å²) in [6, 6.07) is 3.86. The summed E-state index contributed by atoms with van der Waals surface area (Å²) in [5, 5.41) is 4.06. The van der Waals surface area contributed by atoms with E-state index in [0.29, 0.717) is 16.6 Å². The molecule has 0 aromatic carbocycles. The molecule has 0 saturated heterocycles. The van der Waals surface area contributed by atoms with Crippen LogP contribution < -0.4 is 0 Å². The second-order valence-electron chi connectivity index (χ2n) is 6.33. The summed E-state index contributed by atoms with van der Waals surface area (Å²) < 4.78 is 20.5. The van der Waals surface area contributed by atoms with Crippen molar-refractivity contribution in [2.75, 3.05) is 5.75 Å². The average Bonchev–Trinajstić information content (AvgIpc) is 3.40. The van der Waals surface area contributed by atoms with Gasteiger partial charge in [0.1, 0.15) is 22.3 Å². The normalized spacial score (nSPS) is 12.7. The molecule has 4 heterocycles. The summed E-state index contributed by atoms with van der Waals surface area (Å²) in [6.07, 6.45) is 5.50. The number of rotatable bonds is 6. The highest BCUT2D eigenvalue weighted by Crippen LogP contribution is 2.35. The maximum atomic E-state index is 12.6. The molecule has 1 atom stereocenters. The van der Waals surface area contributed by atoms with E-state index in [-0.39, 0.29) is 0 Å². The average molecular weight is 401 g/mol. The maximum absolute atomic E-state index is 12.6. The number of unbranched alkanes of at least 4 members (excludes halogenated alkanes) is 1. The number of thiazole rings is 1. The van der Waals surface area contributed by atoms with Crippen molar-refractivity contribution >= 4 is 33.6 Å². The number of hydrogen-bond donors (Lipinski definition) is 0. The molecular weight excluding hydrogens is 380 g/mol. The third-order valence-electron chi connectivity index (χ3n) is 4.54. The van der Waals surface area contributed by atoms with E-state index in [0.717, 1.165) is 46.0 Å². The monoisotopic (exact) mass is 400 g/mol. The molecule has 4 aromatic rings. The van der Waals surface area contributed by atoms with Crippen molar-refractivity contribution in [3.63, 3.8) is 0 Å². The van der Waals surface area contributed by atoms with Crippen molar-refractivity contribution in [2.45, 2.75) is 31.8 Å². The van der Waals surface area contributed by atoms with Crippen molar-refractivity contribution in [1.29, 1.82) is 0 Å². The molecule has 0 radical (unpaired) electrons. The number of nitrogens with zero attached hydrogens (tertiary/aromatic N) is 4. The summed E-state index contributed by atoms with van der Waals surface area (Å²) >= 11 is 0.358. The standard InChI is InChI=1S/C19H20N4O2S2/c1-4-5-8-27(24)17-10-14-13(16-11-21-12(2)23(16)3)9-15(22-18(14)25-17)19-20-6-7-26-19/h6-7,9-11H,4-5,8H2,1-3H3. The molecule has 0 saturated carbocycles. The molecule has 0 amide bonds. The van der Waals surface area contributed by atoms with Gasteiger partial charge in [0.05, 0.1) is 17.3 Å². The Balaban J connectivity index is 1.90. The Bertz CT molecular complexity index is 1070. The Morgan fingerprint density at radius 1 is 1.30 bits per heavy atom. The van der Waals surface area contributed by atoms with Gasteiger partial charge in [0.25, 0.3) is 0 Å². The van der Waals surface area contributed by atoms with Crippen LogP contribution in [0, 0.1) is 6.92 Å². The summed E-state index contributed by atoms with van der Waals surface area (Å²) in [6.45, 7) is 4.05. The lowest BCUT2D eigenvalue weighted by molar-refractivity contribution is 0.474. The van der Waals surface area contributed by atoms with Crippen LogP contribution in [0.5, 0.6) is 0 Å². The summed E-state index contributed by atoms with van der Waals surface area (Å²) in [5.74, 6) is 1.51. The van der Waals surface area contributed by atoms with Crippen molar-refractivity contribution in [1.82, 2.24) is 19.5 Å². The minimum absolute atomic E-state index is 0.474. The molecule has 0 bridgehead atoms. The number of furan rings is 1. The molecule has 0 fully saturated rings. The first kappa shape index (κ1) is 18.2. The zero-order valence-electron chi connectivity index (χ0n) is 15.4. The van der Waals surface area contributed by atoms with Gasteiger partial charge in [-0.25, -0.2) is 15.0 Å². The number of pyridine rings is 1. The first-order chi connectivity index (χ1) is 13.1. The lowest BCUT2D eigenvalue weighted by atomic mass is 10.1. The highest BCUT2D eigenvalue weighted by molar-refractivity contribution is 7.91. The highest BCUT2D eigenvalue weighted by Gasteiger charge is 2.22. The van der Waals surface area contributed by atoms with E-state index in [1.54, 1.807) is 6.20 Å². The summed E-state index contributed by atoms with van der Waals surface area (Å²) in [4.78, 5) is 13.4. The molecule has 4 rings (SSSR count). The Kier molecular flexibility index (Phi) is 5.03. The van der Waals surface area contributed by atoms with Gasteiger partial charge >= 0.3 is 5.09 Å². The van der Waals surface area contributed by atoms with Crippen LogP contribution in [0.3, 0.4) is 0 Å². The molecule has 27 heavy (non-hydrogen) atoms. The van der Waals surface area contributed by atoms with Gasteiger partial charge in [0.2, 0.25) is 5.71 Å². The lowest BCUT2D eigenvalue weighted by Gasteiger charge is -2.06. The third kappa shape index (κ3) is 3.40. The number of imidazole rings is 1. The molecule has 0 aliphatic rings. The van der Waals surface area contributed by atoms with E-state index in [4.69, 9.17) is 4.42 Å². The van der Waals surface area contributed by atoms with Crippen LogP contribution in [0.1, 0.15) is 25.6 Å². The molecule has 0 spiro atoms. The molecule has 4 aromatic heterocycles. The molecule has 8 heteroatoms. The van der Waals surface area contributed by atoms with Crippen LogP contribution in [0.25, 0.3) is 33.1 Å². The van der Waals surface area contributed by atoms with Crippen molar-refractivity contribution < 1.29 is 8.97 Å². The fraction of sp³-hybridized carbons (Fsp3) is 0.316. The van der Waals surface area contributed by atoms with Gasteiger partial charge in [0.15, 0.2) is 0 Å². The van der Waals surface area contributed by atoms with Crippen molar-refractivity contribution in [3.8, 4) is 22.0 Å². The first-order valence-electron chi connectivity index (χ1n) is 8.80. The van der Waals surface area contributed by atoms with Crippen molar-refractivity contribution in [3.05, 3.63) is 35.7 Å². The Morgan fingerprint density at radius 2 is 2.15 bits per heavy atom. The van der Waals surface area contributed by atoms with Crippen LogP contribution in [0.15, 0.2) is 39.4 Å². The molecule has 0 N–H and O–H groups in total. The fourth-order valence-electron chi connectivity index (χ4n) is 2.90. The van der Waals surface area contributed by atoms with Crippen LogP contribution in [0.2, 0.25) is 0 Å². The number of aromatic nitrogens is 4. The highest BCUT2D eigenvalue weighted by atomic mass is 32.2. The Morgan fingerprint density at radius 3 is 2.81 bits per heavy atom. The van der Waals surface area contributed by atoms with E-state index in [2.05, 4.69) is 21.9 Å². The van der Waals surface area contributed by atoms with E-state index in [1.165, 1.54) is 11.3 Å². The number of hydrogen-bond acceptors (Lipinski definition) is 6. The molecular formula is C19H20N4O2S2. The summed E-state index contributed by atoms with van der Waals surface area (Å²) in [5.41, 5.74) is 3.14. The molecule has 1 unspecified atom stereocenters. The van der Waals surface area contributed by atoms with Gasteiger partial charge in [-0.05, 0) is 19.4 Å². The number of fused-ring (bicyclic) bond motifs is 1. The Labute approximate surface area is 164 Å². The van der Waals surface area contributed by atoms with Crippen molar-refractivity contribution in [2.24, 2.45) is 7.05 Å². The third-order valence-corrected chi connectivity index (χ3v) is 6.64. The van der Waals surface area contributed by atoms with Gasteiger partial charge in [-0.2, -0.15) is 0 Å². The van der Waals surface area contributed by atoms with Gasteiger partial charge in [-0.15, -0.1) is 11.3 Å². The van der Waals surface area contributed by atoms with Crippen LogP contribution in [0.4, 0.5) is 0 Å². The molecule has 140 valence electrons. The van der Waals surface area contributed by atoms with Gasteiger partial charge in [0, 0.05) is 41.4 Å². The minimum atomic E-state index is -1.17. The van der Waals surface area contributed by atoms with Crippen LogP contribution in [-0.4, -0.2) is 29.8 Å².